The van der Waals surface area contributed by atoms with Gasteiger partial charge in [0.25, 0.3) is 5.91 Å². The van der Waals surface area contributed by atoms with E-state index in [-0.39, 0.29) is 30.1 Å². The molecular formula is C31H30FN3O4. The van der Waals surface area contributed by atoms with Crippen molar-refractivity contribution in [2.45, 2.75) is 24.8 Å². The number of para-hydroxylation sites is 2. The van der Waals surface area contributed by atoms with Crippen LogP contribution in [0.5, 0.6) is 11.5 Å². The number of piperazine rings is 1. The average Bonchev–Trinajstić information content (AvgIpc) is 3.35. The molecule has 0 spiro atoms. The van der Waals surface area contributed by atoms with Gasteiger partial charge in [-0.1, -0.05) is 42.5 Å². The van der Waals surface area contributed by atoms with Gasteiger partial charge in [-0.3, -0.25) is 9.59 Å². The molecule has 2 atom stereocenters. The van der Waals surface area contributed by atoms with E-state index in [1.165, 1.54) is 12.1 Å². The van der Waals surface area contributed by atoms with Gasteiger partial charge >= 0.3 is 0 Å². The van der Waals surface area contributed by atoms with Gasteiger partial charge in [-0.2, -0.15) is 0 Å². The number of benzene rings is 3. The molecule has 0 radical (unpaired) electrons. The molecule has 6 rings (SSSR count). The van der Waals surface area contributed by atoms with Crippen LogP contribution in [0.1, 0.15) is 35.2 Å². The number of amides is 2. The van der Waals surface area contributed by atoms with Crippen molar-refractivity contribution in [1.82, 2.24) is 14.8 Å². The van der Waals surface area contributed by atoms with Crippen LogP contribution < -0.4 is 9.47 Å². The number of H-pyrrole nitrogens is 1. The van der Waals surface area contributed by atoms with Crippen molar-refractivity contribution in [3.05, 3.63) is 94.9 Å². The second-order valence-corrected chi connectivity index (χ2v) is 10.3. The minimum absolute atomic E-state index is 0.00680. The van der Waals surface area contributed by atoms with Gasteiger partial charge in [0.05, 0.1) is 26.5 Å². The molecule has 3 heterocycles. The molecule has 0 bridgehead atoms. The van der Waals surface area contributed by atoms with Crippen molar-refractivity contribution in [2.24, 2.45) is 0 Å². The zero-order valence-corrected chi connectivity index (χ0v) is 22.2. The van der Waals surface area contributed by atoms with Gasteiger partial charge in [-0.15, -0.1) is 0 Å². The number of hydrogen-bond donors (Lipinski definition) is 1. The van der Waals surface area contributed by atoms with Crippen molar-refractivity contribution < 1.29 is 23.5 Å². The summed E-state index contributed by atoms with van der Waals surface area (Å²) in [6.45, 7) is 2.52. The second-order valence-electron chi connectivity index (χ2n) is 10.3. The Labute approximate surface area is 226 Å². The van der Waals surface area contributed by atoms with E-state index in [1.54, 1.807) is 36.2 Å². The Kier molecular flexibility index (Phi) is 6.05. The minimum atomic E-state index is -1.20. The molecule has 1 saturated heterocycles. The van der Waals surface area contributed by atoms with Crippen LogP contribution in [-0.2, 0) is 21.5 Å². The number of rotatable bonds is 6. The number of carbonyl (C=O) groups excluding carboxylic acids is 2. The lowest BCUT2D eigenvalue weighted by Crippen LogP contribution is -2.67. The SMILES string of the molecule is COc1cccc(C2CN3C(=O)CN(CCc4ccc(F)cc4)C(=O)[C@]3(C)c3[nH]c4ccccc4c32)c1OC. The fourth-order valence-electron chi connectivity index (χ4n) is 6.24. The molecule has 8 heteroatoms. The van der Waals surface area contributed by atoms with Crippen LogP contribution in [0.15, 0.2) is 66.7 Å². The highest BCUT2D eigenvalue weighted by Crippen LogP contribution is 2.50. The lowest BCUT2D eigenvalue weighted by Gasteiger charge is -2.51. The average molecular weight is 528 g/mol. The summed E-state index contributed by atoms with van der Waals surface area (Å²) in [5.74, 6) is 0.429. The summed E-state index contributed by atoms with van der Waals surface area (Å²) in [4.78, 5) is 34.8. The first-order valence-electron chi connectivity index (χ1n) is 13.0. The molecule has 3 aromatic carbocycles. The molecule has 0 saturated carbocycles. The summed E-state index contributed by atoms with van der Waals surface area (Å²) < 4.78 is 24.7. The number of nitrogens with zero attached hydrogens (tertiary/aromatic N) is 2. The van der Waals surface area contributed by atoms with Gasteiger partial charge in [0.1, 0.15) is 5.82 Å². The normalized spacial score (nSPS) is 20.7. The monoisotopic (exact) mass is 527 g/mol. The molecule has 200 valence electrons. The maximum Gasteiger partial charge on any atom is 0.254 e. The Morgan fingerprint density at radius 3 is 2.51 bits per heavy atom. The van der Waals surface area contributed by atoms with Gasteiger partial charge < -0.3 is 24.3 Å². The first-order chi connectivity index (χ1) is 18.9. The standard InChI is InChI=1S/C31H30FN3O4/c1-31-29-27(22-7-4-5-9-24(22)33-29)23(21-8-6-10-25(38-2)28(21)39-3)17-35(31)26(36)18-34(30(31)37)16-15-19-11-13-20(32)14-12-19/h4-14,23,33H,15-18H2,1-3H3/t23?,31-/m0/s1. The van der Waals surface area contributed by atoms with Gasteiger partial charge in [0.15, 0.2) is 17.0 Å². The summed E-state index contributed by atoms with van der Waals surface area (Å²) in [5, 5.41) is 1.01. The minimum Gasteiger partial charge on any atom is -0.493 e. The highest BCUT2D eigenvalue weighted by molar-refractivity contribution is 6.01. The third-order valence-electron chi connectivity index (χ3n) is 8.21. The van der Waals surface area contributed by atoms with Crippen molar-refractivity contribution in [2.75, 3.05) is 33.9 Å². The third-order valence-corrected chi connectivity index (χ3v) is 8.21. The van der Waals surface area contributed by atoms with E-state index in [0.717, 1.165) is 33.3 Å². The van der Waals surface area contributed by atoms with Crippen LogP contribution in [0, 0.1) is 5.82 Å². The van der Waals surface area contributed by atoms with Crippen LogP contribution in [-0.4, -0.2) is 60.5 Å². The van der Waals surface area contributed by atoms with Crippen molar-refractivity contribution in [3.63, 3.8) is 0 Å². The summed E-state index contributed by atoms with van der Waals surface area (Å²) in [6.07, 6.45) is 0.526. The van der Waals surface area contributed by atoms with E-state index in [1.807, 2.05) is 49.4 Å². The Morgan fingerprint density at radius 2 is 1.77 bits per heavy atom. The number of fused-ring (bicyclic) bond motifs is 5. The number of nitrogens with one attached hydrogen (secondary N) is 1. The zero-order chi connectivity index (χ0) is 27.3. The molecule has 7 nitrogen and oxygen atoms in total. The predicted octanol–water partition coefficient (Wildman–Crippen LogP) is 4.60. The van der Waals surface area contributed by atoms with E-state index in [2.05, 4.69) is 4.98 Å². The molecule has 1 unspecified atom stereocenters. The number of ether oxygens (including phenoxy) is 2. The number of methoxy groups -OCH3 is 2. The molecule has 2 aliphatic rings. The van der Waals surface area contributed by atoms with Crippen molar-refractivity contribution in [1.29, 1.82) is 0 Å². The number of aromatic amines is 1. The van der Waals surface area contributed by atoms with Gasteiger partial charge in [0.2, 0.25) is 5.91 Å². The zero-order valence-electron chi connectivity index (χ0n) is 22.2. The molecule has 1 N–H and O–H groups in total. The maximum absolute atomic E-state index is 14.2. The molecule has 0 aliphatic carbocycles. The summed E-state index contributed by atoms with van der Waals surface area (Å²) in [6, 6.07) is 20.0. The Bertz CT molecular complexity index is 1580. The van der Waals surface area contributed by atoms with Gasteiger partial charge in [-0.25, -0.2) is 4.39 Å². The quantitative estimate of drug-likeness (QED) is 0.398. The number of aromatic nitrogens is 1. The molecule has 1 fully saturated rings. The van der Waals surface area contributed by atoms with Crippen LogP contribution in [0.3, 0.4) is 0 Å². The molecule has 2 aliphatic heterocycles. The highest BCUT2D eigenvalue weighted by atomic mass is 19.1. The molecule has 4 aromatic rings. The first-order valence-corrected chi connectivity index (χ1v) is 13.0. The van der Waals surface area contributed by atoms with Gasteiger partial charge in [-0.05, 0) is 48.7 Å². The van der Waals surface area contributed by atoms with Crippen LogP contribution >= 0.6 is 0 Å². The summed E-state index contributed by atoms with van der Waals surface area (Å²) in [7, 11) is 3.21. The summed E-state index contributed by atoms with van der Waals surface area (Å²) in [5.41, 5.74) is 3.20. The van der Waals surface area contributed by atoms with E-state index in [4.69, 9.17) is 9.47 Å². The third kappa shape index (κ3) is 3.85. The highest BCUT2D eigenvalue weighted by Gasteiger charge is 2.56. The number of halogens is 1. The van der Waals surface area contributed by atoms with E-state index < -0.39 is 5.54 Å². The van der Waals surface area contributed by atoms with Crippen LogP contribution in [0.25, 0.3) is 10.9 Å². The van der Waals surface area contributed by atoms with Crippen LogP contribution in [0.4, 0.5) is 4.39 Å². The van der Waals surface area contributed by atoms with E-state index in [9.17, 15) is 14.0 Å². The number of carbonyl (C=O) groups is 2. The fourth-order valence-corrected chi connectivity index (χ4v) is 6.24. The molecule has 2 amide bonds. The Balaban J connectivity index is 1.46. The first kappa shape index (κ1) is 25.0. The summed E-state index contributed by atoms with van der Waals surface area (Å²) >= 11 is 0. The van der Waals surface area contributed by atoms with Gasteiger partial charge in [0, 0.05) is 35.5 Å². The Hall–Kier alpha value is -4.33. The van der Waals surface area contributed by atoms with Crippen molar-refractivity contribution >= 4 is 22.7 Å². The van der Waals surface area contributed by atoms with Crippen molar-refractivity contribution in [3.8, 4) is 11.5 Å². The second kappa shape index (κ2) is 9.45. The molecule has 39 heavy (non-hydrogen) atoms. The van der Waals surface area contributed by atoms with E-state index in [0.29, 0.717) is 31.0 Å². The van der Waals surface area contributed by atoms with E-state index >= 15 is 0 Å². The van der Waals surface area contributed by atoms with Crippen LogP contribution in [0.2, 0.25) is 0 Å². The maximum atomic E-state index is 14.2. The topological polar surface area (TPSA) is 74.9 Å². The Morgan fingerprint density at radius 1 is 1.00 bits per heavy atom. The molecule has 1 aromatic heterocycles. The smallest absolute Gasteiger partial charge is 0.254 e. The largest absolute Gasteiger partial charge is 0.493 e. The lowest BCUT2D eigenvalue weighted by atomic mass is 9.76. The lowest BCUT2D eigenvalue weighted by molar-refractivity contribution is -0.166. The fraction of sp³-hybridized carbons (Fsp3) is 0.290. The predicted molar refractivity (Wildman–Crippen MR) is 145 cm³/mol. The molecular weight excluding hydrogens is 497 g/mol. The number of hydrogen-bond acceptors (Lipinski definition) is 4.